The van der Waals surface area contributed by atoms with E-state index < -0.39 is 0 Å². The van der Waals surface area contributed by atoms with Gasteiger partial charge in [0, 0.05) is 17.3 Å². The fourth-order valence-electron chi connectivity index (χ4n) is 1.55. The SMILES string of the molecule is Brc1c(Sc2ccccc2)oc2ccncc12. The summed E-state index contributed by atoms with van der Waals surface area (Å²) in [5.41, 5.74) is 0.852. The molecular formula is C13H8BrNOS. The Bertz CT molecular complexity index is 651. The molecule has 2 aromatic heterocycles. The molecule has 0 aliphatic carbocycles. The molecule has 0 unspecified atom stereocenters. The van der Waals surface area contributed by atoms with Gasteiger partial charge in [0.2, 0.25) is 0 Å². The van der Waals surface area contributed by atoms with Gasteiger partial charge in [0.25, 0.3) is 0 Å². The number of nitrogens with zero attached hydrogens (tertiary/aromatic N) is 1. The van der Waals surface area contributed by atoms with E-state index in [1.807, 2.05) is 24.3 Å². The second-order valence-corrected chi connectivity index (χ2v) is 5.33. The summed E-state index contributed by atoms with van der Waals surface area (Å²) in [6.07, 6.45) is 3.53. The van der Waals surface area contributed by atoms with E-state index in [-0.39, 0.29) is 0 Å². The number of hydrogen-bond donors (Lipinski definition) is 0. The molecule has 0 spiro atoms. The van der Waals surface area contributed by atoms with Gasteiger partial charge in [0.1, 0.15) is 5.58 Å². The second kappa shape index (κ2) is 4.55. The number of fused-ring (bicyclic) bond motifs is 1. The Hall–Kier alpha value is -1.26. The van der Waals surface area contributed by atoms with Crippen molar-refractivity contribution in [2.75, 3.05) is 0 Å². The van der Waals surface area contributed by atoms with Gasteiger partial charge < -0.3 is 4.42 Å². The predicted octanol–water partition coefficient (Wildman–Crippen LogP) is 4.74. The molecule has 0 radical (unpaired) electrons. The molecular weight excluding hydrogens is 298 g/mol. The molecule has 2 nitrogen and oxygen atoms in total. The van der Waals surface area contributed by atoms with Crippen LogP contribution in [0.1, 0.15) is 0 Å². The second-order valence-electron chi connectivity index (χ2n) is 3.49. The third-order valence-electron chi connectivity index (χ3n) is 2.35. The smallest absolute Gasteiger partial charge is 0.180 e. The van der Waals surface area contributed by atoms with E-state index >= 15 is 0 Å². The van der Waals surface area contributed by atoms with E-state index in [9.17, 15) is 0 Å². The van der Waals surface area contributed by atoms with Crippen LogP contribution in [0.25, 0.3) is 11.0 Å². The van der Waals surface area contributed by atoms with Gasteiger partial charge in [-0.05, 0) is 34.1 Å². The van der Waals surface area contributed by atoms with Crippen LogP contribution < -0.4 is 0 Å². The van der Waals surface area contributed by atoms with Gasteiger partial charge in [-0.15, -0.1) is 0 Å². The van der Waals surface area contributed by atoms with Crippen molar-refractivity contribution in [3.8, 4) is 0 Å². The lowest BCUT2D eigenvalue weighted by atomic mass is 10.3. The highest BCUT2D eigenvalue weighted by atomic mass is 79.9. The summed E-state index contributed by atoms with van der Waals surface area (Å²) < 4.78 is 6.75. The van der Waals surface area contributed by atoms with Gasteiger partial charge in [-0.3, -0.25) is 4.98 Å². The van der Waals surface area contributed by atoms with Gasteiger partial charge >= 0.3 is 0 Å². The van der Waals surface area contributed by atoms with Crippen molar-refractivity contribution in [2.24, 2.45) is 0 Å². The molecule has 0 saturated heterocycles. The fourth-order valence-corrected chi connectivity index (χ4v) is 3.01. The van der Waals surface area contributed by atoms with Crippen LogP contribution >= 0.6 is 27.7 Å². The lowest BCUT2D eigenvalue weighted by molar-refractivity contribution is 0.511. The predicted molar refractivity (Wildman–Crippen MR) is 72.3 cm³/mol. The van der Waals surface area contributed by atoms with Crippen molar-refractivity contribution < 1.29 is 4.42 Å². The molecule has 3 rings (SSSR count). The zero-order valence-corrected chi connectivity index (χ0v) is 11.2. The normalized spacial score (nSPS) is 10.9. The third kappa shape index (κ3) is 2.10. The summed E-state index contributed by atoms with van der Waals surface area (Å²) in [5.74, 6) is 0. The Morgan fingerprint density at radius 2 is 1.94 bits per heavy atom. The molecule has 0 saturated carbocycles. The summed E-state index contributed by atoms with van der Waals surface area (Å²) >= 11 is 5.15. The van der Waals surface area contributed by atoms with Gasteiger partial charge in [-0.1, -0.05) is 30.0 Å². The van der Waals surface area contributed by atoms with E-state index in [1.165, 1.54) is 0 Å². The minimum atomic E-state index is 0.852. The molecule has 84 valence electrons. The largest absolute Gasteiger partial charge is 0.448 e. The lowest BCUT2D eigenvalue weighted by Gasteiger charge is -1.97. The highest BCUT2D eigenvalue weighted by molar-refractivity contribution is 9.10. The number of furan rings is 1. The standard InChI is InChI=1S/C13H8BrNOS/c14-12-10-8-15-7-6-11(10)16-13(12)17-9-4-2-1-3-5-9/h1-8H. The lowest BCUT2D eigenvalue weighted by Crippen LogP contribution is -1.70. The first kappa shape index (κ1) is 10.9. The maximum atomic E-state index is 5.78. The molecule has 0 amide bonds. The first-order valence-electron chi connectivity index (χ1n) is 5.09. The molecule has 0 aliphatic heterocycles. The Morgan fingerprint density at radius 3 is 2.71 bits per heavy atom. The Labute approximate surface area is 111 Å². The molecule has 1 aromatic carbocycles. The number of halogens is 1. The summed E-state index contributed by atoms with van der Waals surface area (Å²) in [6.45, 7) is 0. The number of benzene rings is 1. The van der Waals surface area contributed by atoms with Gasteiger partial charge in [0.15, 0.2) is 5.09 Å². The van der Waals surface area contributed by atoms with Crippen molar-refractivity contribution in [2.45, 2.75) is 9.99 Å². The van der Waals surface area contributed by atoms with Crippen molar-refractivity contribution in [3.63, 3.8) is 0 Å². The average Bonchev–Trinajstić information content (AvgIpc) is 2.68. The van der Waals surface area contributed by atoms with Gasteiger partial charge in [-0.2, -0.15) is 0 Å². The van der Waals surface area contributed by atoms with Crippen molar-refractivity contribution in [1.82, 2.24) is 4.98 Å². The van der Waals surface area contributed by atoms with E-state index in [0.717, 1.165) is 25.4 Å². The van der Waals surface area contributed by atoms with E-state index in [2.05, 4.69) is 33.0 Å². The number of aromatic nitrogens is 1. The van der Waals surface area contributed by atoms with Crippen LogP contribution in [0, 0.1) is 0 Å². The minimum Gasteiger partial charge on any atom is -0.448 e. The molecule has 0 fully saturated rings. The first-order chi connectivity index (χ1) is 8.34. The van der Waals surface area contributed by atoms with E-state index in [1.54, 1.807) is 24.2 Å². The maximum Gasteiger partial charge on any atom is 0.180 e. The van der Waals surface area contributed by atoms with Crippen LogP contribution in [0.15, 0.2) is 67.7 Å². The van der Waals surface area contributed by atoms with Crippen LogP contribution in [-0.4, -0.2) is 4.98 Å². The van der Waals surface area contributed by atoms with E-state index in [0.29, 0.717) is 0 Å². The number of pyridine rings is 1. The molecule has 2 heterocycles. The average molecular weight is 306 g/mol. The highest BCUT2D eigenvalue weighted by Gasteiger charge is 2.12. The first-order valence-corrected chi connectivity index (χ1v) is 6.70. The summed E-state index contributed by atoms with van der Waals surface area (Å²) in [6, 6.07) is 12.0. The van der Waals surface area contributed by atoms with Crippen molar-refractivity contribution in [3.05, 3.63) is 53.3 Å². The Kier molecular flexibility index (Phi) is 2.91. The Balaban J connectivity index is 2.04. The van der Waals surface area contributed by atoms with Crippen LogP contribution in [0.4, 0.5) is 0 Å². The summed E-state index contributed by atoms with van der Waals surface area (Å²) in [5, 5.41) is 1.87. The summed E-state index contributed by atoms with van der Waals surface area (Å²) in [7, 11) is 0. The molecule has 4 heteroatoms. The number of hydrogen-bond acceptors (Lipinski definition) is 3. The van der Waals surface area contributed by atoms with Crippen LogP contribution in [-0.2, 0) is 0 Å². The van der Waals surface area contributed by atoms with E-state index in [4.69, 9.17) is 4.42 Å². The maximum absolute atomic E-state index is 5.78. The van der Waals surface area contributed by atoms with Gasteiger partial charge in [0.05, 0.1) is 9.86 Å². The molecule has 0 N–H and O–H groups in total. The third-order valence-corrected chi connectivity index (χ3v) is 4.38. The van der Waals surface area contributed by atoms with Crippen LogP contribution in [0.3, 0.4) is 0 Å². The molecule has 17 heavy (non-hydrogen) atoms. The summed E-state index contributed by atoms with van der Waals surface area (Å²) in [4.78, 5) is 5.25. The zero-order valence-electron chi connectivity index (χ0n) is 8.76. The monoisotopic (exact) mass is 305 g/mol. The highest BCUT2D eigenvalue weighted by Crippen LogP contribution is 2.39. The van der Waals surface area contributed by atoms with Crippen molar-refractivity contribution >= 4 is 38.7 Å². The minimum absolute atomic E-state index is 0.852. The quantitative estimate of drug-likeness (QED) is 0.684. The fraction of sp³-hybridized carbons (Fsp3) is 0. The zero-order chi connectivity index (χ0) is 11.7. The molecule has 0 bridgehead atoms. The van der Waals surface area contributed by atoms with Crippen LogP contribution in [0.5, 0.6) is 0 Å². The van der Waals surface area contributed by atoms with Gasteiger partial charge in [-0.25, -0.2) is 0 Å². The topological polar surface area (TPSA) is 26.0 Å². The molecule has 0 atom stereocenters. The molecule has 3 aromatic rings. The van der Waals surface area contributed by atoms with Crippen molar-refractivity contribution in [1.29, 1.82) is 0 Å². The molecule has 0 aliphatic rings. The van der Waals surface area contributed by atoms with Crippen LogP contribution in [0.2, 0.25) is 0 Å². The number of rotatable bonds is 2. The Morgan fingerprint density at radius 1 is 1.12 bits per heavy atom.